The first-order valence-electron chi connectivity index (χ1n) is 6.42. The molecule has 1 aromatic heterocycles. The number of nitrogens with one attached hydrogen (secondary N) is 1. The third kappa shape index (κ3) is 2.55. The minimum absolute atomic E-state index is 0.0613. The van der Waals surface area contributed by atoms with E-state index in [4.69, 9.17) is 4.42 Å². The molecule has 3 aromatic rings. The van der Waals surface area contributed by atoms with E-state index in [2.05, 4.69) is 10.3 Å². The molecule has 106 valence electrons. The Labute approximate surface area is 120 Å². The average molecular weight is 283 g/mol. The molecule has 0 aliphatic heterocycles. The molecule has 0 unspecified atom stereocenters. The quantitative estimate of drug-likeness (QED) is 0.578. The van der Waals surface area contributed by atoms with E-state index >= 15 is 0 Å². The third-order valence-corrected chi connectivity index (χ3v) is 3.21. The predicted octanol–water partition coefficient (Wildman–Crippen LogP) is 4.10. The predicted molar refractivity (Wildman–Crippen MR) is 79.9 cm³/mol. The minimum Gasteiger partial charge on any atom is -0.423 e. The summed E-state index contributed by atoms with van der Waals surface area (Å²) in [6, 6.07) is 10.7. The molecule has 0 atom stereocenters. The molecule has 0 saturated carbocycles. The van der Waals surface area contributed by atoms with Crippen LogP contribution in [0.15, 0.2) is 40.8 Å². The van der Waals surface area contributed by atoms with Gasteiger partial charge in [-0.15, -0.1) is 0 Å². The van der Waals surface area contributed by atoms with E-state index in [1.54, 1.807) is 13.0 Å². The number of anilines is 2. The lowest BCUT2D eigenvalue weighted by Gasteiger charge is -2.05. The lowest BCUT2D eigenvalue weighted by atomic mass is 10.2. The molecular weight excluding hydrogens is 270 g/mol. The van der Waals surface area contributed by atoms with Gasteiger partial charge in [0, 0.05) is 17.8 Å². The number of aryl methyl sites for hydroxylation is 2. The van der Waals surface area contributed by atoms with Gasteiger partial charge in [0.2, 0.25) is 0 Å². The van der Waals surface area contributed by atoms with Gasteiger partial charge in [0.25, 0.3) is 11.7 Å². The lowest BCUT2D eigenvalue weighted by Crippen LogP contribution is -1.95. The first-order valence-corrected chi connectivity index (χ1v) is 6.42. The Hall–Kier alpha value is -2.89. The molecule has 1 heterocycles. The lowest BCUT2D eigenvalue weighted by molar-refractivity contribution is -0.384. The van der Waals surface area contributed by atoms with Crippen molar-refractivity contribution < 1.29 is 9.34 Å². The molecule has 0 fully saturated rings. The molecule has 0 aliphatic carbocycles. The Morgan fingerprint density at radius 3 is 2.71 bits per heavy atom. The standard InChI is InChI=1S/C15H13N3O3/c1-9-3-6-14-13(7-9)17-15(21-14)16-12-5-4-11(18(19)20)8-10(12)2/h3-8H,1-2H3,(H,16,17). The zero-order valence-corrected chi connectivity index (χ0v) is 11.6. The number of rotatable bonds is 3. The molecule has 2 aromatic carbocycles. The fourth-order valence-electron chi connectivity index (χ4n) is 2.11. The van der Waals surface area contributed by atoms with Gasteiger partial charge in [-0.2, -0.15) is 4.98 Å². The van der Waals surface area contributed by atoms with Crippen molar-refractivity contribution in [3.8, 4) is 0 Å². The Bertz CT molecular complexity index is 839. The van der Waals surface area contributed by atoms with Crippen LogP contribution in [0.25, 0.3) is 11.1 Å². The van der Waals surface area contributed by atoms with Gasteiger partial charge >= 0.3 is 0 Å². The third-order valence-electron chi connectivity index (χ3n) is 3.21. The van der Waals surface area contributed by atoms with Gasteiger partial charge < -0.3 is 9.73 Å². The Kier molecular flexibility index (Phi) is 3.06. The highest BCUT2D eigenvalue weighted by Crippen LogP contribution is 2.26. The first-order chi connectivity index (χ1) is 10.0. The van der Waals surface area contributed by atoms with Gasteiger partial charge in [0.15, 0.2) is 5.58 Å². The van der Waals surface area contributed by atoms with Gasteiger partial charge in [-0.3, -0.25) is 10.1 Å². The van der Waals surface area contributed by atoms with Gasteiger partial charge in [-0.05, 0) is 43.2 Å². The summed E-state index contributed by atoms with van der Waals surface area (Å²) >= 11 is 0. The van der Waals surface area contributed by atoms with Crippen molar-refractivity contribution in [2.24, 2.45) is 0 Å². The van der Waals surface area contributed by atoms with E-state index in [1.165, 1.54) is 12.1 Å². The van der Waals surface area contributed by atoms with Crippen LogP contribution in [0.1, 0.15) is 11.1 Å². The van der Waals surface area contributed by atoms with E-state index in [-0.39, 0.29) is 5.69 Å². The summed E-state index contributed by atoms with van der Waals surface area (Å²) in [5, 5.41) is 13.8. The van der Waals surface area contributed by atoms with E-state index in [0.29, 0.717) is 11.6 Å². The maximum absolute atomic E-state index is 10.7. The highest BCUT2D eigenvalue weighted by Gasteiger charge is 2.11. The first kappa shape index (κ1) is 13.1. The van der Waals surface area contributed by atoms with Crippen molar-refractivity contribution >= 4 is 28.5 Å². The maximum Gasteiger partial charge on any atom is 0.300 e. The van der Waals surface area contributed by atoms with E-state index in [9.17, 15) is 10.1 Å². The summed E-state index contributed by atoms with van der Waals surface area (Å²) in [7, 11) is 0. The Balaban J connectivity index is 1.93. The molecule has 6 heteroatoms. The second kappa shape index (κ2) is 4.90. The molecule has 0 radical (unpaired) electrons. The van der Waals surface area contributed by atoms with Crippen LogP contribution < -0.4 is 5.32 Å². The number of fused-ring (bicyclic) bond motifs is 1. The van der Waals surface area contributed by atoms with Crippen molar-refractivity contribution in [2.45, 2.75) is 13.8 Å². The van der Waals surface area contributed by atoms with E-state index in [1.807, 2.05) is 25.1 Å². The van der Waals surface area contributed by atoms with Crippen LogP contribution in [0.4, 0.5) is 17.4 Å². The molecule has 0 spiro atoms. The van der Waals surface area contributed by atoms with Crippen molar-refractivity contribution in [3.63, 3.8) is 0 Å². The summed E-state index contributed by atoms with van der Waals surface area (Å²) in [5.41, 5.74) is 4.12. The average Bonchev–Trinajstić information content (AvgIpc) is 2.82. The smallest absolute Gasteiger partial charge is 0.300 e. The van der Waals surface area contributed by atoms with E-state index in [0.717, 1.165) is 22.3 Å². The summed E-state index contributed by atoms with van der Waals surface area (Å²) in [6.07, 6.45) is 0. The van der Waals surface area contributed by atoms with Crippen LogP contribution in [0.3, 0.4) is 0 Å². The fourth-order valence-corrected chi connectivity index (χ4v) is 2.11. The zero-order valence-electron chi connectivity index (χ0n) is 11.6. The topological polar surface area (TPSA) is 81.2 Å². The maximum atomic E-state index is 10.7. The van der Waals surface area contributed by atoms with Gasteiger partial charge in [0.05, 0.1) is 4.92 Å². The van der Waals surface area contributed by atoms with Gasteiger partial charge in [0.1, 0.15) is 5.52 Å². The van der Waals surface area contributed by atoms with Crippen LogP contribution in [0, 0.1) is 24.0 Å². The van der Waals surface area contributed by atoms with Crippen LogP contribution in [-0.2, 0) is 0 Å². The number of non-ortho nitro benzene ring substituents is 1. The number of benzene rings is 2. The molecule has 0 aliphatic rings. The number of oxazole rings is 1. The largest absolute Gasteiger partial charge is 0.423 e. The molecular formula is C15H13N3O3. The number of aromatic nitrogens is 1. The molecule has 1 N–H and O–H groups in total. The number of hydrogen-bond donors (Lipinski definition) is 1. The molecule has 0 saturated heterocycles. The normalized spacial score (nSPS) is 10.8. The Morgan fingerprint density at radius 2 is 2.00 bits per heavy atom. The minimum atomic E-state index is -0.418. The van der Waals surface area contributed by atoms with Crippen molar-refractivity contribution in [2.75, 3.05) is 5.32 Å². The van der Waals surface area contributed by atoms with Crippen molar-refractivity contribution in [1.82, 2.24) is 4.98 Å². The summed E-state index contributed by atoms with van der Waals surface area (Å²) in [6.45, 7) is 3.78. The fraction of sp³-hybridized carbons (Fsp3) is 0.133. The molecule has 3 rings (SSSR count). The second-order valence-corrected chi connectivity index (χ2v) is 4.87. The second-order valence-electron chi connectivity index (χ2n) is 4.87. The number of nitro groups is 1. The summed E-state index contributed by atoms with van der Waals surface area (Å²) < 4.78 is 5.60. The van der Waals surface area contributed by atoms with Crippen LogP contribution in [0.2, 0.25) is 0 Å². The monoisotopic (exact) mass is 283 g/mol. The number of nitro benzene ring substituents is 1. The molecule has 0 amide bonds. The Morgan fingerprint density at radius 1 is 1.19 bits per heavy atom. The van der Waals surface area contributed by atoms with Crippen molar-refractivity contribution in [1.29, 1.82) is 0 Å². The zero-order chi connectivity index (χ0) is 15.0. The number of nitrogens with zero attached hydrogens (tertiary/aromatic N) is 2. The van der Waals surface area contributed by atoms with Crippen molar-refractivity contribution in [3.05, 3.63) is 57.6 Å². The summed E-state index contributed by atoms with van der Waals surface area (Å²) in [4.78, 5) is 14.7. The van der Waals surface area contributed by atoms with E-state index < -0.39 is 4.92 Å². The van der Waals surface area contributed by atoms with Crippen LogP contribution in [-0.4, -0.2) is 9.91 Å². The molecule has 0 bridgehead atoms. The molecule has 6 nitrogen and oxygen atoms in total. The van der Waals surface area contributed by atoms with Gasteiger partial charge in [-0.1, -0.05) is 6.07 Å². The van der Waals surface area contributed by atoms with Gasteiger partial charge in [-0.25, -0.2) is 0 Å². The number of hydrogen-bond acceptors (Lipinski definition) is 5. The highest BCUT2D eigenvalue weighted by molar-refractivity contribution is 5.76. The van der Waals surface area contributed by atoms with Crippen LogP contribution in [0.5, 0.6) is 0 Å². The SMILES string of the molecule is Cc1ccc2oc(Nc3ccc([N+](=O)[O-])cc3C)nc2c1. The van der Waals surface area contributed by atoms with Crippen LogP contribution >= 0.6 is 0 Å². The summed E-state index contributed by atoms with van der Waals surface area (Å²) in [5.74, 6) is 0. The molecule has 21 heavy (non-hydrogen) atoms. The highest BCUT2D eigenvalue weighted by atomic mass is 16.6.